The number of aryl methyl sites for hydroxylation is 1. The van der Waals surface area contributed by atoms with Crippen LogP contribution in [0.2, 0.25) is 0 Å². The van der Waals surface area contributed by atoms with Gasteiger partial charge in [0.15, 0.2) is 0 Å². The van der Waals surface area contributed by atoms with E-state index >= 15 is 0 Å². The summed E-state index contributed by atoms with van der Waals surface area (Å²) in [6.45, 7) is 4.39. The maximum atomic E-state index is 2.33. The van der Waals surface area contributed by atoms with E-state index in [9.17, 15) is 0 Å². The first kappa shape index (κ1) is 11.0. The Kier molecular flexibility index (Phi) is 3.45. The summed E-state index contributed by atoms with van der Waals surface area (Å²) in [6.07, 6.45) is 6.81. The number of hydrogen-bond donors (Lipinski definition) is 0. The quantitative estimate of drug-likeness (QED) is 0.717. The van der Waals surface area contributed by atoms with Gasteiger partial charge in [0, 0.05) is 12.4 Å². The fourth-order valence-electron chi connectivity index (χ4n) is 2.16. The number of aromatic nitrogens is 1. The Bertz CT molecular complexity index is 428. The smallest absolute Gasteiger partial charge is 0.0580 e. The van der Waals surface area contributed by atoms with Gasteiger partial charge in [-0.3, -0.25) is 0 Å². The lowest BCUT2D eigenvalue weighted by atomic mass is 10.0. The summed E-state index contributed by atoms with van der Waals surface area (Å²) in [5.74, 6) is 0. The standard InChI is InChI=1S/C15H19N/c1-3-7-15(14-8-5-4-6-9-14)16-11-10-13(2)12-16/h4-6,8-12,15H,3,7H2,1-2H3. The van der Waals surface area contributed by atoms with Gasteiger partial charge in [0.2, 0.25) is 0 Å². The van der Waals surface area contributed by atoms with Gasteiger partial charge < -0.3 is 4.57 Å². The van der Waals surface area contributed by atoms with Crippen LogP contribution in [-0.2, 0) is 0 Å². The largest absolute Gasteiger partial charge is 0.347 e. The van der Waals surface area contributed by atoms with Gasteiger partial charge in [0.05, 0.1) is 6.04 Å². The highest BCUT2D eigenvalue weighted by molar-refractivity contribution is 5.21. The lowest BCUT2D eigenvalue weighted by Gasteiger charge is -2.18. The maximum Gasteiger partial charge on any atom is 0.0580 e. The van der Waals surface area contributed by atoms with Gasteiger partial charge in [0.1, 0.15) is 0 Å². The van der Waals surface area contributed by atoms with E-state index in [1.165, 1.54) is 24.0 Å². The minimum Gasteiger partial charge on any atom is -0.347 e. The molecule has 0 fully saturated rings. The zero-order valence-corrected chi connectivity index (χ0v) is 10.1. The molecule has 0 radical (unpaired) electrons. The highest BCUT2D eigenvalue weighted by Gasteiger charge is 2.11. The Morgan fingerprint density at radius 3 is 2.44 bits per heavy atom. The summed E-state index contributed by atoms with van der Waals surface area (Å²) in [6, 6.07) is 13.4. The third-order valence-electron chi connectivity index (χ3n) is 2.97. The molecule has 0 aliphatic rings. The van der Waals surface area contributed by atoms with E-state index < -0.39 is 0 Å². The number of hydrogen-bond acceptors (Lipinski definition) is 0. The predicted octanol–water partition coefficient (Wildman–Crippen LogP) is 4.19. The molecule has 0 bridgehead atoms. The van der Waals surface area contributed by atoms with Gasteiger partial charge in [0.25, 0.3) is 0 Å². The van der Waals surface area contributed by atoms with Gasteiger partial charge in [-0.1, -0.05) is 43.7 Å². The molecule has 0 spiro atoms. The van der Waals surface area contributed by atoms with Crippen LogP contribution in [0, 0.1) is 6.92 Å². The van der Waals surface area contributed by atoms with Crippen LogP contribution in [0.1, 0.15) is 36.9 Å². The fourth-order valence-corrected chi connectivity index (χ4v) is 2.16. The van der Waals surface area contributed by atoms with Crippen molar-refractivity contribution in [2.45, 2.75) is 32.7 Å². The van der Waals surface area contributed by atoms with Crippen LogP contribution >= 0.6 is 0 Å². The summed E-state index contributed by atoms with van der Waals surface area (Å²) < 4.78 is 2.33. The molecule has 1 heteroatoms. The van der Waals surface area contributed by atoms with Crippen LogP contribution < -0.4 is 0 Å². The Balaban J connectivity index is 2.31. The van der Waals surface area contributed by atoms with Crippen LogP contribution in [0.5, 0.6) is 0 Å². The summed E-state index contributed by atoms with van der Waals surface area (Å²) in [4.78, 5) is 0. The third-order valence-corrected chi connectivity index (χ3v) is 2.97. The molecule has 0 aliphatic carbocycles. The van der Waals surface area contributed by atoms with Crippen molar-refractivity contribution in [2.75, 3.05) is 0 Å². The van der Waals surface area contributed by atoms with Crippen molar-refractivity contribution in [3.63, 3.8) is 0 Å². The van der Waals surface area contributed by atoms with Crippen LogP contribution in [-0.4, -0.2) is 4.57 Å². The van der Waals surface area contributed by atoms with Crippen molar-refractivity contribution in [1.29, 1.82) is 0 Å². The average molecular weight is 213 g/mol. The first-order chi connectivity index (χ1) is 7.81. The van der Waals surface area contributed by atoms with Crippen molar-refractivity contribution in [3.05, 3.63) is 59.9 Å². The van der Waals surface area contributed by atoms with E-state index in [0.717, 1.165) is 0 Å². The highest BCUT2D eigenvalue weighted by atomic mass is 15.0. The monoisotopic (exact) mass is 213 g/mol. The first-order valence-corrected chi connectivity index (χ1v) is 6.00. The second-order valence-electron chi connectivity index (χ2n) is 4.35. The van der Waals surface area contributed by atoms with Gasteiger partial charge in [-0.25, -0.2) is 0 Å². The molecule has 1 aromatic carbocycles. The van der Waals surface area contributed by atoms with Crippen LogP contribution in [0.3, 0.4) is 0 Å². The Labute approximate surface area is 97.7 Å². The lowest BCUT2D eigenvalue weighted by Crippen LogP contribution is -2.08. The molecular weight excluding hydrogens is 194 g/mol. The first-order valence-electron chi connectivity index (χ1n) is 6.00. The SMILES string of the molecule is CCCC(c1ccccc1)n1ccc(C)c1. The molecule has 0 saturated heterocycles. The maximum absolute atomic E-state index is 2.33. The Morgan fingerprint density at radius 1 is 1.12 bits per heavy atom. The van der Waals surface area contributed by atoms with E-state index in [-0.39, 0.29) is 0 Å². The third kappa shape index (κ3) is 2.35. The number of nitrogens with zero attached hydrogens (tertiary/aromatic N) is 1. The summed E-state index contributed by atoms with van der Waals surface area (Å²) in [5.41, 5.74) is 2.73. The van der Waals surface area contributed by atoms with E-state index in [0.29, 0.717) is 6.04 Å². The molecule has 0 amide bonds. The van der Waals surface area contributed by atoms with Crippen molar-refractivity contribution >= 4 is 0 Å². The molecule has 1 heterocycles. The predicted molar refractivity (Wildman–Crippen MR) is 68.7 cm³/mol. The van der Waals surface area contributed by atoms with Gasteiger partial charge in [-0.15, -0.1) is 0 Å². The number of benzene rings is 1. The molecule has 16 heavy (non-hydrogen) atoms. The summed E-state index contributed by atoms with van der Waals surface area (Å²) >= 11 is 0. The molecule has 2 rings (SSSR count). The van der Waals surface area contributed by atoms with Crippen molar-refractivity contribution in [2.24, 2.45) is 0 Å². The zero-order chi connectivity index (χ0) is 11.4. The molecular formula is C15H19N. The molecule has 0 aliphatic heterocycles. The minimum atomic E-state index is 0.486. The van der Waals surface area contributed by atoms with E-state index in [2.05, 4.69) is 67.2 Å². The summed E-state index contributed by atoms with van der Waals surface area (Å²) in [7, 11) is 0. The van der Waals surface area contributed by atoms with Crippen molar-refractivity contribution in [1.82, 2.24) is 4.57 Å². The minimum absolute atomic E-state index is 0.486. The van der Waals surface area contributed by atoms with Crippen LogP contribution in [0.15, 0.2) is 48.8 Å². The second kappa shape index (κ2) is 5.02. The molecule has 0 saturated carbocycles. The average Bonchev–Trinajstić information content (AvgIpc) is 2.74. The fraction of sp³-hybridized carbons (Fsp3) is 0.333. The molecule has 0 N–H and O–H groups in total. The molecule has 1 nitrogen and oxygen atoms in total. The molecule has 84 valence electrons. The Morgan fingerprint density at radius 2 is 1.88 bits per heavy atom. The number of rotatable bonds is 4. The van der Waals surface area contributed by atoms with Gasteiger partial charge >= 0.3 is 0 Å². The topological polar surface area (TPSA) is 4.93 Å². The van der Waals surface area contributed by atoms with Crippen molar-refractivity contribution < 1.29 is 0 Å². The highest BCUT2D eigenvalue weighted by Crippen LogP contribution is 2.23. The lowest BCUT2D eigenvalue weighted by molar-refractivity contribution is 0.535. The normalized spacial score (nSPS) is 12.6. The molecule has 2 aromatic rings. The zero-order valence-electron chi connectivity index (χ0n) is 10.1. The van der Waals surface area contributed by atoms with E-state index in [1.54, 1.807) is 0 Å². The Hall–Kier alpha value is -1.50. The van der Waals surface area contributed by atoms with Gasteiger partial charge in [-0.2, -0.15) is 0 Å². The van der Waals surface area contributed by atoms with Gasteiger partial charge in [-0.05, 0) is 30.5 Å². The summed E-state index contributed by atoms with van der Waals surface area (Å²) in [5, 5.41) is 0. The van der Waals surface area contributed by atoms with Crippen molar-refractivity contribution in [3.8, 4) is 0 Å². The van der Waals surface area contributed by atoms with Crippen LogP contribution in [0.4, 0.5) is 0 Å². The van der Waals surface area contributed by atoms with E-state index in [1.807, 2.05) is 0 Å². The molecule has 1 atom stereocenters. The van der Waals surface area contributed by atoms with E-state index in [4.69, 9.17) is 0 Å². The second-order valence-corrected chi connectivity index (χ2v) is 4.35. The molecule has 1 aromatic heterocycles. The van der Waals surface area contributed by atoms with Crippen LogP contribution in [0.25, 0.3) is 0 Å². The molecule has 1 unspecified atom stereocenters.